The highest BCUT2D eigenvalue weighted by Crippen LogP contribution is 2.28. The van der Waals surface area contributed by atoms with Gasteiger partial charge in [-0.05, 0) is 29.0 Å². The average molecular weight is 293 g/mol. The van der Waals surface area contributed by atoms with Crippen LogP contribution in [0.1, 0.15) is 16.8 Å². The Morgan fingerprint density at radius 3 is 2.59 bits per heavy atom. The van der Waals surface area contributed by atoms with Crippen molar-refractivity contribution >= 4 is 28.7 Å². The van der Waals surface area contributed by atoms with E-state index in [2.05, 4.69) is 4.99 Å². The van der Waals surface area contributed by atoms with E-state index in [0.717, 1.165) is 10.8 Å². The number of carbonyl (C=O) groups is 2. The number of benzene rings is 2. The number of rotatable bonds is 4. The first-order valence-electron chi connectivity index (χ1n) is 6.98. The molecule has 0 bridgehead atoms. The SMILES string of the molecule is COC(=O)CC1(C(=O)c2ccc3ccccc3c2)C=CC=N1. The fraction of sp³-hybridized carbons (Fsp3) is 0.167. The standard InChI is InChI=1S/C18H15NO3/c1-22-16(20)12-18(9-4-10-19-18)17(21)15-8-7-13-5-2-3-6-14(13)11-15/h2-11H,12H2,1H3. The zero-order valence-electron chi connectivity index (χ0n) is 12.2. The topological polar surface area (TPSA) is 55.7 Å². The number of Topliss-reactive ketones (excluding diaryl/α,β-unsaturated/α-hetero) is 1. The number of aliphatic imine (C=N–C) groups is 1. The molecule has 2 aromatic rings. The van der Waals surface area contributed by atoms with Gasteiger partial charge in [0.25, 0.3) is 0 Å². The van der Waals surface area contributed by atoms with Crippen LogP contribution in [0, 0.1) is 0 Å². The molecule has 1 unspecified atom stereocenters. The number of ether oxygens (including phenoxy) is 1. The van der Waals surface area contributed by atoms with Crippen LogP contribution in [0.3, 0.4) is 0 Å². The molecule has 1 heterocycles. The predicted octanol–water partition coefficient (Wildman–Crippen LogP) is 2.97. The van der Waals surface area contributed by atoms with Crippen LogP contribution in [-0.2, 0) is 9.53 Å². The molecule has 0 saturated carbocycles. The van der Waals surface area contributed by atoms with Gasteiger partial charge in [-0.25, -0.2) is 0 Å². The van der Waals surface area contributed by atoms with Gasteiger partial charge in [0.1, 0.15) is 0 Å². The number of fused-ring (bicyclic) bond motifs is 1. The van der Waals surface area contributed by atoms with Gasteiger partial charge >= 0.3 is 5.97 Å². The van der Waals surface area contributed by atoms with Crippen molar-refractivity contribution < 1.29 is 14.3 Å². The van der Waals surface area contributed by atoms with E-state index in [1.165, 1.54) is 7.11 Å². The van der Waals surface area contributed by atoms with Crippen molar-refractivity contribution in [1.82, 2.24) is 0 Å². The second-order valence-corrected chi connectivity index (χ2v) is 5.21. The molecule has 110 valence electrons. The molecule has 22 heavy (non-hydrogen) atoms. The normalized spacial score (nSPS) is 19.5. The number of carbonyl (C=O) groups excluding carboxylic acids is 2. The Kier molecular flexibility index (Phi) is 3.59. The summed E-state index contributed by atoms with van der Waals surface area (Å²) in [7, 11) is 1.30. The summed E-state index contributed by atoms with van der Waals surface area (Å²) in [5.74, 6) is -0.661. The van der Waals surface area contributed by atoms with Crippen molar-refractivity contribution in [3.05, 3.63) is 60.2 Å². The minimum atomic E-state index is -1.18. The number of methoxy groups -OCH3 is 1. The van der Waals surface area contributed by atoms with Gasteiger partial charge in [-0.1, -0.05) is 36.4 Å². The highest BCUT2D eigenvalue weighted by Gasteiger charge is 2.39. The summed E-state index contributed by atoms with van der Waals surface area (Å²) in [5.41, 5.74) is -0.651. The van der Waals surface area contributed by atoms with E-state index >= 15 is 0 Å². The number of esters is 1. The van der Waals surface area contributed by atoms with Gasteiger partial charge in [-0.15, -0.1) is 0 Å². The molecule has 4 heteroatoms. The van der Waals surface area contributed by atoms with Gasteiger partial charge in [-0.3, -0.25) is 14.6 Å². The van der Waals surface area contributed by atoms with Crippen LogP contribution in [0.25, 0.3) is 10.8 Å². The van der Waals surface area contributed by atoms with E-state index < -0.39 is 11.5 Å². The van der Waals surface area contributed by atoms with Gasteiger partial charge in [0.05, 0.1) is 13.5 Å². The van der Waals surface area contributed by atoms with E-state index in [1.807, 2.05) is 36.4 Å². The van der Waals surface area contributed by atoms with Crippen molar-refractivity contribution in [2.75, 3.05) is 7.11 Å². The third-order valence-corrected chi connectivity index (χ3v) is 3.81. The quantitative estimate of drug-likeness (QED) is 0.643. The second kappa shape index (κ2) is 5.56. The van der Waals surface area contributed by atoms with Gasteiger partial charge < -0.3 is 4.74 Å². The first-order chi connectivity index (χ1) is 10.6. The van der Waals surface area contributed by atoms with Crippen molar-refractivity contribution in [1.29, 1.82) is 0 Å². The van der Waals surface area contributed by atoms with Crippen molar-refractivity contribution in [3.8, 4) is 0 Å². The highest BCUT2D eigenvalue weighted by atomic mass is 16.5. The van der Waals surface area contributed by atoms with E-state index in [-0.39, 0.29) is 12.2 Å². The Hall–Kier alpha value is -2.75. The first kappa shape index (κ1) is 14.2. The lowest BCUT2D eigenvalue weighted by Gasteiger charge is -2.21. The molecule has 0 saturated heterocycles. The Bertz CT molecular complexity index is 793. The lowest BCUT2D eigenvalue weighted by molar-refractivity contribution is -0.141. The molecule has 0 N–H and O–H groups in total. The number of nitrogens with zero attached hydrogens (tertiary/aromatic N) is 1. The molecular weight excluding hydrogens is 278 g/mol. The summed E-state index contributed by atoms with van der Waals surface area (Å²) < 4.78 is 4.69. The lowest BCUT2D eigenvalue weighted by atomic mass is 9.86. The van der Waals surface area contributed by atoms with Crippen LogP contribution in [0.15, 0.2) is 59.6 Å². The fourth-order valence-corrected chi connectivity index (χ4v) is 2.61. The van der Waals surface area contributed by atoms with E-state index in [1.54, 1.807) is 24.4 Å². The summed E-state index contributed by atoms with van der Waals surface area (Å²) in [6, 6.07) is 13.3. The Balaban J connectivity index is 2.00. The molecule has 0 radical (unpaired) electrons. The highest BCUT2D eigenvalue weighted by molar-refractivity contribution is 6.10. The average Bonchev–Trinajstić information content (AvgIpc) is 3.03. The van der Waals surface area contributed by atoms with E-state index in [9.17, 15) is 9.59 Å². The maximum atomic E-state index is 12.9. The smallest absolute Gasteiger partial charge is 0.308 e. The summed E-state index contributed by atoms with van der Waals surface area (Å²) in [6.45, 7) is 0. The maximum Gasteiger partial charge on any atom is 0.308 e. The Labute approximate surface area is 128 Å². The summed E-state index contributed by atoms with van der Waals surface area (Å²) in [5, 5.41) is 2.04. The monoisotopic (exact) mass is 293 g/mol. The summed E-state index contributed by atoms with van der Waals surface area (Å²) in [4.78, 5) is 28.8. The van der Waals surface area contributed by atoms with Crippen LogP contribution in [0.2, 0.25) is 0 Å². The van der Waals surface area contributed by atoms with Gasteiger partial charge in [0.2, 0.25) is 0 Å². The fourth-order valence-electron chi connectivity index (χ4n) is 2.61. The van der Waals surface area contributed by atoms with Crippen LogP contribution in [0.4, 0.5) is 0 Å². The molecule has 0 aromatic heterocycles. The van der Waals surface area contributed by atoms with Crippen molar-refractivity contribution in [2.45, 2.75) is 12.0 Å². The summed E-state index contributed by atoms with van der Waals surface area (Å²) in [6.07, 6.45) is 4.79. The first-order valence-corrected chi connectivity index (χ1v) is 6.98. The minimum absolute atomic E-state index is 0.0951. The number of hydrogen-bond donors (Lipinski definition) is 0. The van der Waals surface area contributed by atoms with Crippen molar-refractivity contribution in [3.63, 3.8) is 0 Å². The molecule has 0 fully saturated rings. The number of allylic oxidation sites excluding steroid dienone is 1. The molecule has 1 atom stereocenters. The number of ketones is 1. The molecule has 0 aliphatic carbocycles. The second-order valence-electron chi connectivity index (χ2n) is 5.21. The lowest BCUT2D eigenvalue weighted by Crippen LogP contribution is -2.36. The third kappa shape index (κ3) is 2.44. The minimum Gasteiger partial charge on any atom is -0.469 e. The van der Waals surface area contributed by atoms with Crippen LogP contribution >= 0.6 is 0 Å². The van der Waals surface area contributed by atoms with Gasteiger partial charge in [0.15, 0.2) is 11.3 Å². The largest absolute Gasteiger partial charge is 0.469 e. The molecule has 1 aliphatic rings. The Morgan fingerprint density at radius 2 is 1.91 bits per heavy atom. The van der Waals surface area contributed by atoms with Crippen LogP contribution in [-0.4, -0.2) is 30.6 Å². The molecule has 0 spiro atoms. The van der Waals surface area contributed by atoms with Crippen molar-refractivity contribution in [2.24, 2.45) is 4.99 Å². The third-order valence-electron chi connectivity index (χ3n) is 3.81. The molecule has 4 nitrogen and oxygen atoms in total. The molecular formula is C18H15NO3. The van der Waals surface area contributed by atoms with Crippen LogP contribution in [0.5, 0.6) is 0 Å². The Morgan fingerprint density at radius 1 is 1.14 bits per heavy atom. The van der Waals surface area contributed by atoms with E-state index in [4.69, 9.17) is 4.74 Å². The number of hydrogen-bond acceptors (Lipinski definition) is 4. The van der Waals surface area contributed by atoms with E-state index in [0.29, 0.717) is 5.56 Å². The molecule has 1 aliphatic heterocycles. The molecule has 2 aromatic carbocycles. The van der Waals surface area contributed by atoms with Gasteiger partial charge in [0, 0.05) is 11.8 Å². The molecule has 3 rings (SSSR count). The molecule has 0 amide bonds. The van der Waals surface area contributed by atoms with Crippen LogP contribution < -0.4 is 0 Å². The predicted molar refractivity (Wildman–Crippen MR) is 85.3 cm³/mol. The zero-order valence-corrected chi connectivity index (χ0v) is 12.2. The summed E-state index contributed by atoms with van der Waals surface area (Å²) >= 11 is 0. The van der Waals surface area contributed by atoms with Gasteiger partial charge in [-0.2, -0.15) is 0 Å². The zero-order chi connectivity index (χ0) is 15.6. The maximum absolute atomic E-state index is 12.9.